The summed E-state index contributed by atoms with van der Waals surface area (Å²) in [5, 5.41) is 42.7. The molecule has 0 amide bonds. The normalized spacial score (nSPS) is 26.7. The highest BCUT2D eigenvalue weighted by Gasteiger charge is 2.49. The zero-order valence-electron chi connectivity index (χ0n) is 24.0. The van der Waals surface area contributed by atoms with Crippen LogP contribution in [0.25, 0.3) is 11.2 Å². The van der Waals surface area contributed by atoms with E-state index in [-0.39, 0.29) is 37.5 Å². The Morgan fingerprint density at radius 2 is 1.88 bits per heavy atom. The Morgan fingerprint density at radius 3 is 2.54 bits per heavy atom. The van der Waals surface area contributed by atoms with Crippen LogP contribution in [0, 0.1) is 17.6 Å². The van der Waals surface area contributed by atoms with E-state index in [0.29, 0.717) is 27.7 Å². The minimum absolute atomic E-state index is 0.0295. The van der Waals surface area contributed by atoms with Gasteiger partial charge in [0.2, 0.25) is 0 Å². The highest BCUT2D eigenvalue weighted by Crippen LogP contribution is 2.49. The number of rotatable bonds is 10. The fourth-order valence-corrected chi connectivity index (χ4v) is 5.74. The van der Waals surface area contributed by atoms with Crippen LogP contribution in [0.4, 0.5) is 14.6 Å². The third kappa shape index (κ3) is 7.12. The van der Waals surface area contributed by atoms with Crippen LogP contribution >= 0.6 is 11.8 Å². The Morgan fingerprint density at radius 1 is 1.15 bits per heavy atom. The molecule has 0 spiro atoms. The van der Waals surface area contributed by atoms with Crippen molar-refractivity contribution in [2.45, 2.75) is 82.0 Å². The lowest BCUT2D eigenvalue weighted by molar-refractivity contribution is -0.0629. The van der Waals surface area contributed by atoms with Crippen LogP contribution in [-0.2, 0) is 4.74 Å². The van der Waals surface area contributed by atoms with Crippen LogP contribution in [0.3, 0.4) is 0 Å². The first-order valence-electron chi connectivity index (χ1n) is 14.0. The molecule has 3 aromatic rings. The SMILES string of the molecule is CC.CCCSc1nc(N[C@H]2C(c3ccc(F)c(F)c3)[C@H]2C)c2nnn(C3CC(OCCO)[C@@H](O)[C@H]3O)c2n1.CN. The average molecular weight is 598 g/mol. The van der Waals surface area contributed by atoms with E-state index in [2.05, 4.69) is 38.3 Å². The number of halogens is 2. The third-order valence-electron chi connectivity index (χ3n) is 7.09. The van der Waals surface area contributed by atoms with Crippen LogP contribution in [0.1, 0.15) is 58.1 Å². The molecule has 0 saturated heterocycles. The molecule has 5 rings (SSSR count). The van der Waals surface area contributed by atoms with Crippen LogP contribution < -0.4 is 11.1 Å². The van der Waals surface area contributed by atoms with Crippen molar-refractivity contribution < 1.29 is 28.8 Å². The van der Waals surface area contributed by atoms with Gasteiger partial charge in [0.1, 0.15) is 12.2 Å². The monoisotopic (exact) mass is 597 g/mol. The molecule has 1 aromatic carbocycles. The van der Waals surface area contributed by atoms with Gasteiger partial charge in [-0.25, -0.2) is 23.4 Å². The van der Waals surface area contributed by atoms with E-state index < -0.39 is 36.0 Å². The van der Waals surface area contributed by atoms with E-state index in [1.807, 2.05) is 20.8 Å². The lowest BCUT2D eigenvalue weighted by Crippen LogP contribution is -2.33. The van der Waals surface area contributed by atoms with Crippen molar-refractivity contribution in [2.24, 2.45) is 11.7 Å². The molecule has 2 fully saturated rings. The smallest absolute Gasteiger partial charge is 0.191 e. The van der Waals surface area contributed by atoms with Gasteiger partial charge in [-0.2, -0.15) is 0 Å². The molecular weight excluding hydrogens is 556 g/mol. The number of benzene rings is 1. The van der Waals surface area contributed by atoms with Crippen LogP contribution in [0.5, 0.6) is 0 Å². The van der Waals surface area contributed by atoms with Crippen LogP contribution in [0.15, 0.2) is 23.4 Å². The first kappa shape index (κ1) is 33.0. The summed E-state index contributed by atoms with van der Waals surface area (Å²) < 4.78 is 34.3. The molecule has 41 heavy (non-hydrogen) atoms. The second kappa shape index (κ2) is 15.1. The van der Waals surface area contributed by atoms with Gasteiger partial charge in [0.05, 0.1) is 25.4 Å². The molecule has 2 heterocycles. The maximum Gasteiger partial charge on any atom is 0.191 e. The average Bonchev–Trinajstić information content (AvgIpc) is 3.28. The highest BCUT2D eigenvalue weighted by molar-refractivity contribution is 7.99. The lowest BCUT2D eigenvalue weighted by Gasteiger charge is -2.17. The lowest BCUT2D eigenvalue weighted by atomic mass is 10.1. The number of nitrogens with two attached hydrogens (primary N) is 1. The zero-order valence-corrected chi connectivity index (χ0v) is 24.9. The fourth-order valence-electron chi connectivity index (χ4n) is 5.04. The molecule has 0 radical (unpaired) electrons. The number of aliphatic hydroxyl groups excluding tert-OH is 3. The molecule has 7 atom stereocenters. The van der Waals surface area contributed by atoms with Crippen molar-refractivity contribution in [2.75, 3.05) is 31.3 Å². The van der Waals surface area contributed by atoms with Crippen molar-refractivity contribution >= 4 is 28.7 Å². The molecule has 2 aliphatic carbocycles. The Bertz CT molecular complexity index is 1270. The fraction of sp³-hybridized carbons (Fsp3) is 0.630. The molecule has 2 saturated carbocycles. The Balaban J connectivity index is 0.00000111. The van der Waals surface area contributed by atoms with Gasteiger partial charge < -0.3 is 31.1 Å². The van der Waals surface area contributed by atoms with Crippen LogP contribution in [0.2, 0.25) is 0 Å². The van der Waals surface area contributed by atoms with Crippen molar-refractivity contribution in [3.8, 4) is 0 Å². The minimum atomic E-state index is -1.16. The summed E-state index contributed by atoms with van der Waals surface area (Å²) in [6, 6.07) is 3.25. The molecule has 228 valence electrons. The molecular formula is C27H41F2N7O4S. The van der Waals surface area contributed by atoms with Gasteiger partial charge in [0, 0.05) is 24.1 Å². The zero-order chi connectivity index (χ0) is 30.3. The number of fused-ring (bicyclic) bond motifs is 1. The van der Waals surface area contributed by atoms with Crippen molar-refractivity contribution in [3.05, 3.63) is 35.4 Å². The first-order valence-corrected chi connectivity index (χ1v) is 15.0. The summed E-state index contributed by atoms with van der Waals surface area (Å²) in [4.78, 5) is 9.32. The Hall–Kier alpha value is -2.49. The van der Waals surface area contributed by atoms with E-state index in [4.69, 9.17) is 9.84 Å². The van der Waals surface area contributed by atoms with E-state index in [0.717, 1.165) is 18.2 Å². The number of nitrogens with one attached hydrogen (secondary N) is 1. The van der Waals surface area contributed by atoms with Gasteiger partial charge >= 0.3 is 0 Å². The molecule has 3 unspecified atom stereocenters. The largest absolute Gasteiger partial charge is 0.394 e. The number of aliphatic hydroxyl groups is 3. The van der Waals surface area contributed by atoms with Gasteiger partial charge in [-0.3, -0.25) is 0 Å². The summed E-state index contributed by atoms with van der Waals surface area (Å²) in [7, 11) is 1.50. The number of nitrogens with zero attached hydrogens (tertiary/aromatic N) is 5. The number of hydrogen-bond acceptors (Lipinski definition) is 11. The molecule has 0 bridgehead atoms. The first-order chi connectivity index (χ1) is 19.8. The van der Waals surface area contributed by atoms with Gasteiger partial charge in [-0.15, -0.1) is 5.10 Å². The molecule has 6 N–H and O–H groups in total. The van der Waals surface area contributed by atoms with Crippen molar-refractivity contribution in [3.63, 3.8) is 0 Å². The van der Waals surface area contributed by atoms with E-state index >= 15 is 0 Å². The second-order valence-electron chi connectivity index (χ2n) is 9.56. The summed E-state index contributed by atoms with van der Waals surface area (Å²) >= 11 is 1.48. The number of thioether (sulfide) groups is 1. The molecule has 2 aromatic heterocycles. The standard InChI is InChI=1S/C24H30F2N6O4S.C2H6.CH5N/c1-3-8-37-24-28-22(27-18-11(2)17(18)12-4-5-13(25)14(26)9-12)19-23(29-24)32(31-30-19)15-10-16(36-7-6-33)21(35)20(15)34;2*1-2/h4-5,9,11,15-18,20-21,33-35H,3,6-8,10H2,1-2H3,(H,27,28,29);1-2H3;2H2,1H3/t11-,15?,16?,17?,18-,20+,21-;;/m1../s1. The highest BCUT2D eigenvalue weighted by atomic mass is 32.2. The summed E-state index contributed by atoms with van der Waals surface area (Å²) in [5.74, 6) is -0.369. The van der Waals surface area contributed by atoms with E-state index in [1.165, 1.54) is 29.6 Å². The molecule has 11 nitrogen and oxygen atoms in total. The molecule has 2 aliphatic rings. The second-order valence-corrected chi connectivity index (χ2v) is 10.6. The number of hydrogen-bond donors (Lipinski definition) is 5. The number of ether oxygens (including phenoxy) is 1. The predicted octanol–water partition coefficient (Wildman–Crippen LogP) is 2.86. The number of anilines is 1. The Kier molecular flexibility index (Phi) is 12.2. The quantitative estimate of drug-likeness (QED) is 0.172. The van der Waals surface area contributed by atoms with E-state index in [1.54, 1.807) is 6.07 Å². The Labute approximate surface area is 242 Å². The van der Waals surface area contributed by atoms with Gasteiger partial charge in [-0.05, 0) is 37.1 Å². The summed E-state index contributed by atoms with van der Waals surface area (Å²) in [5.41, 5.74) is 6.02. The van der Waals surface area contributed by atoms with E-state index in [9.17, 15) is 19.0 Å². The predicted molar refractivity (Wildman–Crippen MR) is 154 cm³/mol. The summed E-state index contributed by atoms with van der Waals surface area (Å²) in [6.07, 6.45) is -1.78. The van der Waals surface area contributed by atoms with Crippen molar-refractivity contribution in [1.29, 1.82) is 0 Å². The van der Waals surface area contributed by atoms with Gasteiger partial charge in [0.15, 0.2) is 33.8 Å². The molecule has 14 heteroatoms. The van der Waals surface area contributed by atoms with Gasteiger partial charge in [0.25, 0.3) is 0 Å². The summed E-state index contributed by atoms with van der Waals surface area (Å²) in [6.45, 7) is 7.93. The number of aromatic nitrogens is 5. The molecule has 0 aliphatic heterocycles. The van der Waals surface area contributed by atoms with Crippen molar-refractivity contribution in [1.82, 2.24) is 25.0 Å². The third-order valence-corrected chi connectivity index (χ3v) is 8.14. The maximum absolute atomic E-state index is 13.8. The minimum Gasteiger partial charge on any atom is -0.394 e. The maximum atomic E-state index is 13.8. The van der Waals surface area contributed by atoms with Gasteiger partial charge in [-0.1, -0.05) is 50.7 Å². The topological polar surface area (TPSA) is 164 Å². The van der Waals surface area contributed by atoms with Crippen LogP contribution in [-0.4, -0.2) is 90.6 Å².